The number of carbonyl (C=O) groups is 2. The van der Waals surface area contributed by atoms with Gasteiger partial charge in [0.05, 0.1) is 22.3 Å². The molecule has 0 aromatic heterocycles. The quantitative estimate of drug-likeness (QED) is 0.820. The van der Waals surface area contributed by atoms with E-state index in [4.69, 9.17) is 16.7 Å². The number of halogens is 1. The van der Waals surface area contributed by atoms with Gasteiger partial charge in [0.25, 0.3) is 0 Å². The van der Waals surface area contributed by atoms with Crippen LogP contribution in [-0.2, 0) is 4.79 Å². The van der Waals surface area contributed by atoms with Crippen LogP contribution < -0.4 is 10.2 Å². The lowest BCUT2D eigenvalue weighted by Crippen LogP contribution is -2.25. The van der Waals surface area contributed by atoms with Crippen LogP contribution in [0.1, 0.15) is 16.8 Å². The van der Waals surface area contributed by atoms with Gasteiger partial charge in [-0.25, -0.2) is 4.79 Å². The van der Waals surface area contributed by atoms with Crippen molar-refractivity contribution in [3.63, 3.8) is 0 Å². The largest absolute Gasteiger partial charge is 0.478 e. The minimum atomic E-state index is -1.02. The molecule has 18 heavy (non-hydrogen) atoms. The van der Waals surface area contributed by atoms with E-state index >= 15 is 0 Å². The summed E-state index contributed by atoms with van der Waals surface area (Å²) in [6.45, 7) is 0.401. The highest BCUT2D eigenvalue weighted by molar-refractivity contribution is 6.24. The molecule has 0 saturated carbocycles. The molecule has 1 aromatic rings. The maximum atomic E-state index is 11.8. The third-order valence-corrected chi connectivity index (χ3v) is 3.17. The highest BCUT2D eigenvalue weighted by Gasteiger charge is 2.30. The normalized spacial score (nSPS) is 19.1. The molecule has 1 unspecified atom stereocenters. The van der Waals surface area contributed by atoms with Crippen LogP contribution in [0.15, 0.2) is 18.2 Å². The Kier molecular flexibility index (Phi) is 3.43. The monoisotopic (exact) mass is 268 g/mol. The van der Waals surface area contributed by atoms with Crippen molar-refractivity contribution in [1.82, 2.24) is 0 Å². The van der Waals surface area contributed by atoms with Gasteiger partial charge in [-0.1, -0.05) is 0 Å². The Balaban J connectivity index is 2.44. The van der Waals surface area contributed by atoms with Crippen molar-refractivity contribution in [2.24, 2.45) is 0 Å². The SMILES string of the molecule is CNc1ccc(C(=O)O)cc1N1CC(Cl)CC1=O. The molecule has 0 radical (unpaired) electrons. The molecule has 1 heterocycles. The fraction of sp³-hybridized carbons (Fsp3) is 0.333. The first-order valence-corrected chi connectivity index (χ1v) is 5.96. The van der Waals surface area contributed by atoms with Gasteiger partial charge in [-0.3, -0.25) is 4.79 Å². The van der Waals surface area contributed by atoms with Gasteiger partial charge < -0.3 is 15.3 Å². The Hall–Kier alpha value is -1.75. The number of hydrogen-bond acceptors (Lipinski definition) is 3. The van der Waals surface area contributed by atoms with Gasteiger partial charge in [0, 0.05) is 20.0 Å². The van der Waals surface area contributed by atoms with Gasteiger partial charge >= 0.3 is 5.97 Å². The molecule has 2 N–H and O–H groups in total. The summed E-state index contributed by atoms with van der Waals surface area (Å²) in [5.74, 6) is -1.11. The van der Waals surface area contributed by atoms with Crippen molar-refractivity contribution >= 4 is 34.9 Å². The van der Waals surface area contributed by atoms with E-state index in [1.54, 1.807) is 13.1 Å². The predicted octanol–water partition coefficient (Wildman–Crippen LogP) is 1.77. The van der Waals surface area contributed by atoms with E-state index in [1.165, 1.54) is 17.0 Å². The first-order valence-electron chi connectivity index (χ1n) is 5.52. The third-order valence-electron chi connectivity index (χ3n) is 2.88. The highest BCUT2D eigenvalue weighted by Crippen LogP contribution is 2.31. The van der Waals surface area contributed by atoms with Gasteiger partial charge in [-0.15, -0.1) is 11.6 Å². The van der Waals surface area contributed by atoms with Crippen molar-refractivity contribution in [3.8, 4) is 0 Å². The van der Waals surface area contributed by atoms with Crippen molar-refractivity contribution in [1.29, 1.82) is 0 Å². The van der Waals surface area contributed by atoms with Crippen LogP contribution in [0, 0.1) is 0 Å². The van der Waals surface area contributed by atoms with Crippen LogP contribution >= 0.6 is 11.6 Å². The standard InChI is InChI=1S/C12H13ClN2O3/c1-14-9-3-2-7(12(17)18)4-10(9)15-6-8(13)5-11(15)16/h2-4,8,14H,5-6H2,1H3,(H,17,18). The topological polar surface area (TPSA) is 69.6 Å². The number of anilines is 2. The van der Waals surface area contributed by atoms with Gasteiger partial charge in [0.15, 0.2) is 0 Å². The van der Waals surface area contributed by atoms with Crippen LogP contribution in [0.5, 0.6) is 0 Å². The third kappa shape index (κ3) is 2.26. The summed E-state index contributed by atoms with van der Waals surface area (Å²) in [5, 5.41) is 11.7. The number of rotatable bonds is 3. The number of hydrogen-bond donors (Lipinski definition) is 2. The van der Waals surface area contributed by atoms with E-state index < -0.39 is 5.97 Å². The molecular formula is C12H13ClN2O3. The van der Waals surface area contributed by atoms with Crippen LogP contribution in [0.3, 0.4) is 0 Å². The summed E-state index contributed by atoms with van der Waals surface area (Å²) < 4.78 is 0. The summed E-state index contributed by atoms with van der Waals surface area (Å²) in [4.78, 5) is 24.3. The number of amides is 1. The maximum Gasteiger partial charge on any atom is 0.335 e. The van der Waals surface area contributed by atoms with Crippen LogP contribution in [-0.4, -0.2) is 36.0 Å². The molecule has 1 aromatic carbocycles. The van der Waals surface area contributed by atoms with E-state index in [1.807, 2.05) is 0 Å². The molecule has 1 aliphatic heterocycles. The molecule has 5 nitrogen and oxygen atoms in total. The fourth-order valence-electron chi connectivity index (χ4n) is 2.00. The zero-order valence-electron chi connectivity index (χ0n) is 9.81. The van der Waals surface area contributed by atoms with Crippen molar-refractivity contribution in [2.75, 3.05) is 23.8 Å². The molecule has 0 aliphatic carbocycles. The second-order valence-corrected chi connectivity index (χ2v) is 4.71. The maximum absolute atomic E-state index is 11.8. The minimum absolute atomic E-state index is 0.0889. The van der Waals surface area contributed by atoms with Gasteiger partial charge in [-0.2, -0.15) is 0 Å². The molecule has 2 rings (SSSR count). The van der Waals surface area contributed by atoms with Crippen LogP contribution in [0.25, 0.3) is 0 Å². The predicted molar refractivity (Wildman–Crippen MR) is 69.6 cm³/mol. The summed E-state index contributed by atoms with van der Waals surface area (Å²) in [5.41, 5.74) is 1.42. The zero-order chi connectivity index (χ0) is 13.3. The molecule has 1 aliphatic rings. The van der Waals surface area contributed by atoms with E-state index in [0.717, 1.165) is 0 Å². The van der Waals surface area contributed by atoms with E-state index in [2.05, 4.69) is 5.32 Å². The lowest BCUT2D eigenvalue weighted by atomic mass is 10.1. The van der Waals surface area contributed by atoms with Crippen molar-refractivity contribution in [2.45, 2.75) is 11.8 Å². The number of carboxylic acid groups (broad SMARTS) is 1. The number of carboxylic acids is 1. The summed E-state index contributed by atoms with van der Waals surface area (Å²) in [6, 6.07) is 4.63. The Bertz CT molecular complexity index is 504. The zero-order valence-corrected chi connectivity index (χ0v) is 10.6. The Labute approximate surface area is 109 Å². The number of nitrogens with zero attached hydrogens (tertiary/aromatic N) is 1. The van der Waals surface area contributed by atoms with Crippen LogP contribution in [0.2, 0.25) is 0 Å². The molecule has 1 fully saturated rings. The van der Waals surface area contributed by atoms with Gasteiger partial charge in [-0.05, 0) is 18.2 Å². The minimum Gasteiger partial charge on any atom is -0.478 e. The molecular weight excluding hydrogens is 256 g/mol. The van der Waals surface area contributed by atoms with Gasteiger partial charge in [0.2, 0.25) is 5.91 Å². The number of benzene rings is 1. The molecule has 6 heteroatoms. The van der Waals surface area contributed by atoms with E-state index in [0.29, 0.717) is 17.9 Å². The number of alkyl halides is 1. The number of aromatic carboxylic acids is 1. The lowest BCUT2D eigenvalue weighted by Gasteiger charge is -2.20. The number of nitrogens with one attached hydrogen (secondary N) is 1. The fourth-order valence-corrected chi connectivity index (χ4v) is 2.27. The summed E-state index contributed by atoms with van der Waals surface area (Å²) in [7, 11) is 1.72. The first-order chi connectivity index (χ1) is 8.52. The average Bonchev–Trinajstić information content (AvgIpc) is 2.67. The Morgan fingerprint density at radius 3 is 2.78 bits per heavy atom. The summed E-state index contributed by atoms with van der Waals surface area (Å²) >= 11 is 5.95. The Morgan fingerprint density at radius 1 is 1.56 bits per heavy atom. The van der Waals surface area contributed by atoms with E-state index in [-0.39, 0.29) is 23.3 Å². The highest BCUT2D eigenvalue weighted by atomic mass is 35.5. The van der Waals surface area contributed by atoms with E-state index in [9.17, 15) is 9.59 Å². The van der Waals surface area contributed by atoms with Crippen molar-refractivity contribution < 1.29 is 14.7 Å². The molecule has 96 valence electrons. The lowest BCUT2D eigenvalue weighted by molar-refractivity contribution is -0.117. The molecule has 0 bridgehead atoms. The Morgan fingerprint density at radius 2 is 2.28 bits per heavy atom. The molecule has 1 amide bonds. The first kappa shape index (κ1) is 12.7. The molecule has 0 spiro atoms. The smallest absolute Gasteiger partial charge is 0.335 e. The average molecular weight is 269 g/mol. The molecule has 1 atom stereocenters. The second-order valence-electron chi connectivity index (χ2n) is 4.09. The van der Waals surface area contributed by atoms with Gasteiger partial charge in [0.1, 0.15) is 0 Å². The number of carbonyl (C=O) groups excluding carboxylic acids is 1. The van der Waals surface area contributed by atoms with Crippen molar-refractivity contribution in [3.05, 3.63) is 23.8 Å². The van der Waals surface area contributed by atoms with Crippen LogP contribution in [0.4, 0.5) is 11.4 Å². The molecule has 1 saturated heterocycles. The summed E-state index contributed by atoms with van der Waals surface area (Å²) in [6.07, 6.45) is 0.280. The second kappa shape index (κ2) is 4.86.